The highest BCUT2D eigenvalue weighted by atomic mass is 32.1. The maximum atomic E-state index is 11.4. The molecule has 0 fully saturated rings. The molecule has 1 aromatic carbocycles. The van der Waals surface area contributed by atoms with E-state index in [-0.39, 0.29) is 11.9 Å². The summed E-state index contributed by atoms with van der Waals surface area (Å²) < 4.78 is 11.4. The van der Waals surface area contributed by atoms with Gasteiger partial charge in [-0.1, -0.05) is 11.3 Å². The number of carbonyl (C=O) groups excluding carboxylic acids is 1. The molecule has 0 N–H and O–H groups in total. The first-order valence-electron chi connectivity index (χ1n) is 7.53. The molecule has 0 spiro atoms. The van der Waals surface area contributed by atoms with E-state index in [1.165, 1.54) is 22.7 Å². The van der Waals surface area contributed by atoms with Crippen LogP contribution in [-0.2, 0) is 0 Å². The molecule has 2 heterocycles. The SMILES string of the molecule is CC(=O)c1ccc(-c2cnc(Oc3ccc(OC(C)C)cc3)s2)s1. The second-order valence-electron chi connectivity index (χ2n) is 5.45. The summed E-state index contributed by atoms with van der Waals surface area (Å²) in [5.41, 5.74) is 0. The van der Waals surface area contributed by atoms with E-state index in [1.807, 2.05) is 50.2 Å². The first kappa shape index (κ1) is 16.7. The highest BCUT2D eigenvalue weighted by Crippen LogP contribution is 2.36. The molecule has 3 aromatic rings. The number of ether oxygens (including phenoxy) is 2. The van der Waals surface area contributed by atoms with Gasteiger partial charge in [-0.25, -0.2) is 4.98 Å². The average molecular weight is 359 g/mol. The molecule has 24 heavy (non-hydrogen) atoms. The number of ketones is 1. The lowest BCUT2D eigenvalue weighted by Crippen LogP contribution is -2.05. The van der Waals surface area contributed by atoms with Crippen molar-refractivity contribution in [1.82, 2.24) is 4.98 Å². The zero-order valence-corrected chi connectivity index (χ0v) is 15.2. The Balaban J connectivity index is 1.70. The van der Waals surface area contributed by atoms with E-state index < -0.39 is 0 Å². The third-order valence-corrected chi connectivity index (χ3v) is 5.34. The van der Waals surface area contributed by atoms with Crippen molar-refractivity contribution in [2.24, 2.45) is 0 Å². The van der Waals surface area contributed by atoms with E-state index in [0.717, 1.165) is 20.4 Å². The fraction of sp³-hybridized carbons (Fsp3) is 0.222. The maximum absolute atomic E-state index is 11.4. The number of carbonyl (C=O) groups is 1. The molecule has 2 aromatic heterocycles. The maximum Gasteiger partial charge on any atom is 0.279 e. The van der Waals surface area contributed by atoms with E-state index in [9.17, 15) is 4.79 Å². The minimum atomic E-state index is 0.0796. The predicted molar refractivity (Wildman–Crippen MR) is 97.7 cm³/mol. The van der Waals surface area contributed by atoms with Crippen molar-refractivity contribution >= 4 is 28.5 Å². The molecule has 0 aliphatic rings. The molecule has 0 aliphatic carbocycles. The monoisotopic (exact) mass is 359 g/mol. The molecule has 0 unspecified atom stereocenters. The van der Waals surface area contributed by atoms with E-state index in [2.05, 4.69) is 4.98 Å². The van der Waals surface area contributed by atoms with Gasteiger partial charge in [-0.2, -0.15) is 0 Å². The Labute approximate surface area is 148 Å². The van der Waals surface area contributed by atoms with Gasteiger partial charge < -0.3 is 9.47 Å². The van der Waals surface area contributed by atoms with Crippen LogP contribution < -0.4 is 9.47 Å². The van der Waals surface area contributed by atoms with Crippen LogP contribution in [-0.4, -0.2) is 16.9 Å². The molecule has 6 heteroatoms. The van der Waals surface area contributed by atoms with Gasteiger partial charge in [0, 0.05) is 4.88 Å². The number of Topliss-reactive ketones (excluding diaryl/α,β-unsaturated/α-hetero) is 1. The Hall–Kier alpha value is -2.18. The summed E-state index contributed by atoms with van der Waals surface area (Å²) in [5, 5.41) is 0.570. The standard InChI is InChI=1S/C18H17NO3S2/c1-11(2)21-13-4-6-14(7-5-13)22-18-19-10-17(24-18)16-9-8-15(23-16)12(3)20/h4-11H,1-3H3. The van der Waals surface area contributed by atoms with Gasteiger partial charge in [-0.3, -0.25) is 4.79 Å². The van der Waals surface area contributed by atoms with Gasteiger partial charge in [0.25, 0.3) is 5.19 Å². The largest absolute Gasteiger partial charge is 0.491 e. The smallest absolute Gasteiger partial charge is 0.279 e. The van der Waals surface area contributed by atoms with Crippen LogP contribution in [0.1, 0.15) is 30.4 Å². The molecule has 3 rings (SSSR count). The summed E-state index contributed by atoms with van der Waals surface area (Å²) in [6, 6.07) is 11.3. The van der Waals surface area contributed by atoms with Crippen LogP contribution in [0, 0.1) is 0 Å². The summed E-state index contributed by atoms with van der Waals surface area (Å²) >= 11 is 2.93. The summed E-state index contributed by atoms with van der Waals surface area (Å²) in [7, 11) is 0. The summed E-state index contributed by atoms with van der Waals surface area (Å²) in [6.07, 6.45) is 1.91. The number of nitrogens with zero attached hydrogens (tertiary/aromatic N) is 1. The van der Waals surface area contributed by atoms with Crippen LogP contribution in [0.2, 0.25) is 0 Å². The van der Waals surface area contributed by atoms with E-state index in [1.54, 1.807) is 13.1 Å². The molecule has 0 amide bonds. The van der Waals surface area contributed by atoms with E-state index in [4.69, 9.17) is 9.47 Å². The van der Waals surface area contributed by atoms with E-state index >= 15 is 0 Å². The second kappa shape index (κ2) is 7.15. The van der Waals surface area contributed by atoms with Gasteiger partial charge >= 0.3 is 0 Å². The van der Waals surface area contributed by atoms with Gasteiger partial charge in [0.05, 0.1) is 22.1 Å². The molecule has 0 saturated heterocycles. The number of aromatic nitrogens is 1. The molecular weight excluding hydrogens is 342 g/mol. The van der Waals surface area contributed by atoms with Crippen LogP contribution >= 0.6 is 22.7 Å². The second-order valence-corrected chi connectivity index (χ2v) is 7.53. The summed E-state index contributed by atoms with van der Waals surface area (Å²) in [4.78, 5) is 18.5. The molecule has 0 radical (unpaired) electrons. The van der Waals surface area contributed by atoms with Gasteiger partial charge in [-0.15, -0.1) is 11.3 Å². The summed E-state index contributed by atoms with van der Waals surface area (Å²) in [6.45, 7) is 5.55. The van der Waals surface area contributed by atoms with Crippen molar-refractivity contribution in [2.75, 3.05) is 0 Å². The third-order valence-electron chi connectivity index (χ3n) is 3.08. The van der Waals surface area contributed by atoms with Crippen molar-refractivity contribution in [3.63, 3.8) is 0 Å². The Morgan fingerprint density at radius 2 is 1.71 bits per heavy atom. The average Bonchev–Trinajstić information content (AvgIpc) is 3.17. The van der Waals surface area contributed by atoms with Gasteiger partial charge in [0.1, 0.15) is 11.5 Å². The highest BCUT2D eigenvalue weighted by molar-refractivity contribution is 7.23. The number of thiazole rings is 1. The van der Waals surface area contributed by atoms with Crippen molar-refractivity contribution in [3.05, 3.63) is 47.5 Å². The number of hydrogen-bond acceptors (Lipinski definition) is 6. The molecule has 124 valence electrons. The lowest BCUT2D eigenvalue weighted by molar-refractivity contribution is 0.102. The van der Waals surface area contributed by atoms with Crippen molar-refractivity contribution in [3.8, 4) is 26.4 Å². The molecule has 0 bridgehead atoms. The first-order chi connectivity index (χ1) is 11.5. The molecule has 0 aliphatic heterocycles. The molecule has 4 nitrogen and oxygen atoms in total. The minimum Gasteiger partial charge on any atom is -0.491 e. The van der Waals surface area contributed by atoms with Gasteiger partial charge in [-0.05, 0) is 57.2 Å². The third kappa shape index (κ3) is 4.01. The van der Waals surface area contributed by atoms with Crippen molar-refractivity contribution in [1.29, 1.82) is 0 Å². The van der Waals surface area contributed by atoms with Crippen LogP contribution in [0.5, 0.6) is 16.7 Å². The predicted octanol–water partition coefficient (Wildman–Crippen LogP) is 5.65. The van der Waals surface area contributed by atoms with E-state index in [0.29, 0.717) is 10.9 Å². The van der Waals surface area contributed by atoms with Gasteiger partial charge in [0.2, 0.25) is 0 Å². The lowest BCUT2D eigenvalue weighted by atomic mass is 10.3. The first-order valence-corrected chi connectivity index (χ1v) is 9.16. The Morgan fingerprint density at radius 1 is 1.00 bits per heavy atom. The van der Waals surface area contributed by atoms with Crippen molar-refractivity contribution < 1.29 is 14.3 Å². The Morgan fingerprint density at radius 3 is 2.33 bits per heavy atom. The zero-order chi connectivity index (χ0) is 17.1. The zero-order valence-electron chi connectivity index (χ0n) is 13.6. The van der Waals surface area contributed by atoms with Crippen LogP contribution in [0.3, 0.4) is 0 Å². The fourth-order valence-electron chi connectivity index (χ4n) is 2.04. The highest BCUT2D eigenvalue weighted by Gasteiger charge is 2.11. The fourth-order valence-corrected chi connectivity index (χ4v) is 3.80. The minimum absolute atomic E-state index is 0.0796. The quantitative estimate of drug-likeness (QED) is 0.533. The normalized spacial score (nSPS) is 10.8. The van der Waals surface area contributed by atoms with Crippen LogP contribution in [0.15, 0.2) is 42.6 Å². The number of benzene rings is 1. The summed E-state index contributed by atoms with van der Waals surface area (Å²) in [5.74, 6) is 1.60. The molecule has 0 saturated carbocycles. The van der Waals surface area contributed by atoms with Gasteiger partial charge in [0.15, 0.2) is 5.78 Å². The number of thiophene rings is 1. The Bertz CT molecular complexity index is 834. The molecule has 0 atom stereocenters. The van der Waals surface area contributed by atoms with Crippen LogP contribution in [0.25, 0.3) is 9.75 Å². The number of hydrogen-bond donors (Lipinski definition) is 0. The van der Waals surface area contributed by atoms with Crippen molar-refractivity contribution in [2.45, 2.75) is 26.9 Å². The Kier molecular flexibility index (Phi) is 4.97. The topological polar surface area (TPSA) is 48.4 Å². The van der Waals surface area contributed by atoms with Crippen LogP contribution in [0.4, 0.5) is 0 Å². The number of rotatable bonds is 6. The molecular formula is C18H17NO3S2. The lowest BCUT2D eigenvalue weighted by Gasteiger charge is -2.09.